The van der Waals surface area contributed by atoms with Gasteiger partial charge in [-0.1, -0.05) is 40.2 Å². The van der Waals surface area contributed by atoms with E-state index in [0.29, 0.717) is 0 Å². The van der Waals surface area contributed by atoms with Crippen molar-refractivity contribution in [1.29, 1.82) is 0 Å². The van der Waals surface area contributed by atoms with Crippen molar-refractivity contribution in [1.82, 2.24) is 19.9 Å². The summed E-state index contributed by atoms with van der Waals surface area (Å²) in [5.41, 5.74) is 3.66. The van der Waals surface area contributed by atoms with E-state index in [9.17, 15) is 4.79 Å². The Hall–Kier alpha value is -2.01. The number of nitrogens with zero attached hydrogens (tertiary/aromatic N) is 4. The van der Waals surface area contributed by atoms with Gasteiger partial charge < -0.3 is 44.5 Å². The third-order valence-electron chi connectivity index (χ3n) is 3.30. The van der Waals surface area contributed by atoms with Gasteiger partial charge in [0.05, 0.1) is 22.8 Å². The van der Waals surface area contributed by atoms with Crippen molar-refractivity contribution in [2.24, 2.45) is 0 Å². The second-order valence-electron chi connectivity index (χ2n) is 5.39. The van der Waals surface area contributed by atoms with Crippen molar-refractivity contribution in [3.8, 4) is 22.8 Å². The van der Waals surface area contributed by atoms with Crippen molar-refractivity contribution >= 4 is 21.9 Å². The Kier molecular flexibility index (Phi) is 23.5. The Morgan fingerprint density at radius 2 is 0.848 bits per heavy atom. The monoisotopic (exact) mass is 689 g/mol. The minimum Gasteiger partial charge on any atom is -1.00 e. The summed E-state index contributed by atoms with van der Waals surface area (Å²) in [5, 5.41) is 7.71. The molecule has 179 valence electrons. The zero-order chi connectivity index (χ0) is 20.7. The standard InChI is InChI=1S/2C10H8N2.C2H3BrO2.2BrH.Cu.H2O/c2*1-3-7-11-9(5-1)10-6-2-4-8-12-10;3-1-2(4)5;;;;/h2*1-8H;1H2,(H,4,5);2*1H;;1H2/q;;;;;+2;/p-2. The van der Waals surface area contributed by atoms with E-state index in [4.69, 9.17) is 5.11 Å². The summed E-state index contributed by atoms with van der Waals surface area (Å²) in [4.78, 5) is 26.1. The molecule has 0 saturated carbocycles. The molecule has 0 unspecified atom stereocenters. The van der Waals surface area contributed by atoms with Crippen LogP contribution in [0.2, 0.25) is 0 Å². The topological polar surface area (TPSA) is 120 Å². The number of aliphatic carboxylic acids is 1. The van der Waals surface area contributed by atoms with E-state index in [1.165, 1.54) is 0 Å². The van der Waals surface area contributed by atoms with Crippen molar-refractivity contribution < 1.29 is 66.4 Å². The summed E-state index contributed by atoms with van der Waals surface area (Å²) in [6, 6.07) is 23.2. The third-order valence-corrected chi connectivity index (χ3v) is 3.78. The molecular weight excluding hydrogens is 672 g/mol. The molecule has 0 aliphatic carbocycles. The van der Waals surface area contributed by atoms with Gasteiger partial charge in [-0.15, -0.1) is 0 Å². The van der Waals surface area contributed by atoms with Crippen LogP contribution < -0.4 is 34.0 Å². The second kappa shape index (κ2) is 21.8. The van der Waals surface area contributed by atoms with Gasteiger partial charge in [0.25, 0.3) is 0 Å². The van der Waals surface area contributed by atoms with Gasteiger partial charge in [0.15, 0.2) is 0 Å². The van der Waals surface area contributed by atoms with Gasteiger partial charge in [0.1, 0.15) is 5.33 Å². The minimum absolute atomic E-state index is 0. The molecule has 4 rings (SSSR count). The predicted octanol–water partition coefficient (Wildman–Crippen LogP) is -2.07. The first kappa shape index (κ1) is 35.6. The quantitative estimate of drug-likeness (QED) is 0.195. The van der Waals surface area contributed by atoms with Crippen LogP contribution in [0.1, 0.15) is 0 Å². The summed E-state index contributed by atoms with van der Waals surface area (Å²) >= 11 is 2.71. The Labute approximate surface area is 232 Å². The van der Waals surface area contributed by atoms with E-state index < -0.39 is 5.97 Å². The van der Waals surface area contributed by atoms with Crippen LogP contribution in [0.15, 0.2) is 97.6 Å². The predicted molar refractivity (Wildman–Crippen MR) is 120 cm³/mol. The van der Waals surface area contributed by atoms with Crippen molar-refractivity contribution in [2.45, 2.75) is 0 Å². The normalized spacial score (nSPS) is 8.15. The number of rotatable bonds is 3. The molecule has 4 aromatic rings. The summed E-state index contributed by atoms with van der Waals surface area (Å²) in [7, 11) is 0. The van der Waals surface area contributed by atoms with Crippen LogP contribution in [-0.4, -0.2) is 41.8 Å². The maximum atomic E-state index is 9.32. The average molecular weight is 693 g/mol. The number of halogens is 3. The van der Waals surface area contributed by atoms with E-state index in [2.05, 4.69) is 35.9 Å². The first-order chi connectivity index (χ1) is 14.2. The van der Waals surface area contributed by atoms with E-state index >= 15 is 0 Å². The number of hydrogen-bond donors (Lipinski definition) is 1. The molecule has 0 aromatic carbocycles. The van der Waals surface area contributed by atoms with Crippen molar-refractivity contribution in [3.05, 3.63) is 97.6 Å². The Balaban J connectivity index is -0.000000414. The number of carbonyl (C=O) groups is 1. The molecule has 4 aromatic heterocycles. The molecule has 3 N–H and O–H groups in total. The molecule has 0 aliphatic rings. The van der Waals surface area contributed by atoms with Gasteiger partial charge >= 0.3 is 23.0 Å². The maximum absolute atomic E-state index is 9.32. The molecule has 0 fully saturated rings. The van der Waals surface area contributed by atoms with Gasteiger partial charge in [-0.3, -0.25) is 24.7 Å². The molecule has 33 heavy (non-hydrogen) atoms. The molecule has 0 atom stereocenters. The Morgan fingerprint density at radius 3 is 0.970 bits per heavy atom. The number of aromatic nitrogens is 4. The smallest absolute Gasteiger partial charge is 1.00 e. The molecule has 0 amide bonds. The molecule has 0 saturated heterocycles. The number of pyridine rings is 4. The zero-order valence-electron chi connectivity index (χ0n) is 17.0. The largest absolute Gasteiger partial charge is 2.00 e. The van der Waals surface area contributed by atoms with Gasteiger partial charge in [-0.25, -0.2) is 0 Å². The summed E-state index contributed by atoms with van der Waals surface area (Å²) in [6.45, 7) is 0. The Bertz CT molecular complexity index is 825. The fraction of sp³-hybridized carbons (Fsp3) is 0.0455. The van der Waals surface area contributed by atoms with Gasteiger partial charge in [-0.2, -0.15) is 0 Å². The van der Waals surface area contributed by atoms with Crippen molar-refractivity contribution in [2.75, 3.05) is 5.33 Å². The second-order valence-corrected chi connectivity index (χ2v) is 5.95. The summed E-state index contributed by atoms with van der Waals surface area (Å²) in [5.74, 6) is -0.829. The van der Waals surface area contributed by atoms with Crippen LogP contribution in [-0.2, 0) is 21.9 Å². The zero-order valence-corrected chi connectivity index (χ0v) is 22.7. The van der Waals surface area contributed by atoms with Crippen LogP contribution in [0.5, 0.6) is 0 Å². The number of carboxylic acids is 1. The molecule has 0 bridgehead atoms. The maximum Gasteiger partial charge on any atom is 2.00 e. The fourth-order valence-electron chi connectivity index (χ4n) is 2.06. The van der Waals surface area contributed by atoms with Gasteiger partial charge in [0.2, 0.25) is 0 Å². The summed E-state index contributed by atoms with van der Waals surface area (Å²) < 4.78 is 0. The first-order valence-corrected chi connectivity index (χ1v) is 9.75. The Morgan fingerprint density at radius 1 is 0.636 bits per heavy atom. The van der Waals surface area contributed by atoms with Crippen LogP contribution in [0.4, 0.5) is 0 Å². The number of carboxylic acid groups (broad SMARTS) is 1. The third kappa shape index (κ3) is 14.7. The van der Waals surface area contributed by atoms with Crippen LogP contribution in [0.3, 0.4) is 0 Å². The molecular formula is C22H21Br3CuN4O3. The molecule has 0 aliphatic heterocycles. The average Bonchev–Trinajstić information content (AvgIpc) is 2.82. The number of alkyl halides is 1. The number of hydrogen-bond acceptors (Lipinski definition) is 5. The van der Waals surface area contributed by atoms with E-state index in [-0.39, 0.29) is 61.8 Å². The van der Waals surface area contributed by atoms with Crippen molar-refractivity contribution in [3.63, 3.8) is 0 Å². The van der Waals surface area contributed by atoms with Gasteiger partial charge in [-0.05, 0) is 48.5 Å². The van der Waals surface area contributed by atoms with E-state index in [0.717, 1.165) is 22.8 Å². The van der Waals surface area contributed by atoms with E-state index in [1.54, 1.807) is 24.8 Å². The molecule has 11 heteroatoms. The van der Waals surface area contributed by atoms with Crippen LogP contribution in [0.25, 0.3) is 22.8 Å². The van der Waals surface area contributed by atoms with E-state index in [1.807, 2.05) is 72.8 Å². The minimum atomic E-state index is -0.829. The van der Waals surface area contributed by atoms with Crippen LogP contribution >= 0.6 is 15.9 Å². The molecule has 1 radical (unpaired) electrons. The SMILES string of the molecule is O.O=C(O)CBr.[Br-].[Br-].[Cu+2].c1ccc(-c2ccccn2)nc1.c1ccc(-c2ccccn2)nc1. The van der Waals surface area contributed by atoms with Gasteiger partial charge in [0, 0.05) is 24.8 Å². The van der Waals surface area contributed by atoms with Crippen LogP contribution in [0, 0.1) is 0 Å². The molecule has 4 heterocycles. The fourth-order valence-corrected chi connectivity index (χ4v) is 2.06. The first-order valence-electron chi connectivity index (χ1n) is 8.63. The summed E-state index contributed by atoms with van der Waals surface area (Å²) in [6.07, 6.45) is 7.07. The molecule has 7 nitrogen and oxygen atoms in total. The molecule has 0 spiro atoms.